The van der Waals surface area contributed by atoms with Crippen molar-refractivity contribution in [1.29, 1.82) is 0 Å². The molecular weight excluding hydrogens is 278 g/mol. The van der Waals surface area contributed by atoms with Crippen molar-refractivity contribution in [2.45, 2.75) is 6.54 Å². The Morgan fingerprint density at radius 2 is 2.10 bits per heavy atom. The molecule has 0 aliphatic heterocycles. The Bertz CT molecular complexity index is 400. The number of carbonyl (C=O) groups is 1. The lowest BCUT2D eigenvalue weighted by atomic mass is 10.2. The van der Waals surface area contributed by atoms with Gasteiger partial charge in [-0.3, -0.25) is 4.79 Å². The smallest absolute Gasteiger partial charge is 0.234 e. The van der Waals surface area contributed by atoms with Gasteiger partial charge >= 0.3 is 0 Å². The van der Waals surface area contributed by atoms with Crippen LogP contribution in [0.5, 0.6) is 5.75 Å². The highest BCUT2D eigenvalue weighted by atomic mass is 35.5. The van der Waals surface area contributed by atoms with Crippen molar-refractivity contribution in [3.8, 4) is 5.75 Å². The van der Waals surface area contributed by atoms with Gasteiger partial charge in [0.2, 0.25) is 5.91 Å². The van der Waals surface area contributed by atoms with Gasteiger partial charge in [-0.1, -0.05) is 12.1 Å². The minimum absolute atomic E-state index is 0. The van der Waals surface area contributed by atoms with Crippen LogP contribution in [0.15, 0.2) is 24.3 Å². The predicted octanol–water partition coefficient (Wildman–Crippen LogP) is 0.884. The van der Waals surface area contributed by atoms with E-state index in [1.807, 2.05) is 38.4 Å². The quantitative estimate of drug-likeness (QED) is 0.749. The molecule has 1 aromatic rings. The minimum atomic E-state index is -0.0126. The van der Waals surface area contributed by atoms with E-state index < -0.39 is 0 Å². The first-order valence-electron chi connectivity index (χ1n) is 6.39. The summed E-state index contributed by atoms with van der Waals surface area (Å²) in [5.74, 6) is 0.823. The zero-order chi connectivity index (χ0) is 14.1. The zero-order valence-electron chi connectivity index (χ0n) is 12.3. The molecule has 0 radical (unpaired) electrons. The third-order valence-corrected chi connectivity index (χ3v) is 2.53. The van der Waals surface area contributed by atoms with Gasteiger partial charge in [-0.15, -0.1) is 12.4 Å². The Balaban J connectivity index is 0.00000361. The summed E-state index contributed by atoms with van der Waals surface area (Å²) in [6, 6.07) is 7.78. The summed E-state index contributed by atoms with van der Waals surface area (Å²) < 4.78 is 5.65. The SMILES string of the molecule is CNCC(=O)NCc1cccc(OCCN(C)C)c1.Cl. The van der Waals surface area contributed by atoms with E-state index in [1.54, 1.807) is 7.05 Å². The highest BCUT2D eigenvalue weighted by molar-refractivity contribution is 5.85. The molecule has 0 saturated carbocycles. The number of ether oxygens (including phenoxy) is 1. The first kappa shape index (κ1) is 18.7. The summed E-state index contributed by atoms with van der Waals surface area (Å²) in [5, 5.41) is 5.65. The van der Waals surface area contributed by atoms with E-state index in [1.165, 1.54) is 0 Å². The van der Waals surface area contributed by atoms with Crippen molar-refractivity contribution in [3.63, 3.8) is 0 Å². The number of likely N-dealkylation sites (N-methyl/N-ethyl adjacent to an activating group) is 2. The first-order chi connectivity index (χ1) is 9.11. The number of nitrogens with zero attached hydrogens (tertiary/aromatic N) is 1. The number of carbonyl (C=O) groups excluding carboxylic acids is 1. The Morgan fingerprint density at radius 3 is 2.75 bits per heavy atom. The lowest BCUT2D eigenvalue weighted by molar-refractivity contribution is -0.120. The number of hydrogen-bond donors (Lipinski definition) is 2. The van der Waals surface area contributed by atoms with E-state index >= 15 is 0 Å². The third kappa shape index (κ3) is 7.99. The van der Waals surface area contributed by atoms with Gasteiger partial charge in [-0.25, -0.2) is 0 Å². The first-order valence-corrected chi connectivity index (χ1v) is 6.39. The van der Waals surface area contributed by atoms with Crippen LogP contribution in [0.4, 0.5) is 0 Å². The second kappa shape index (κ2) is 10.5. The largest absolute Gasteiger partial charge is 0.492 e. The van der Waals surface area contributed by atoms with Crippen LogP contribution in [0.3, 0.4) is 0 Å². The average Bonchev–Trinajstić information content (AvgIpc) is 2.37. The molecule has 0 aromatic heterocycles. The number of hydrogen-bond acceptors (Lipinski definition) is 4. The van der Waals surface area contributed by atoms with Crippen LogP contribution in [0.2, 0.25) is 0 Å². The van der Waals surface area contributed by atoms with Crippen LogP contribution in [-0.4, -0.2) is 51.6 Å². The summed E-state index contributed by atoms with van der Waals surface area (Å²) >= 11 is 0. The Kier molecular flexibility index (Phi) is 9.80. The summed E-state index contributed by atoms with van der Waals surface area (Å²) in [6.45, 7) is 2.39. The van der Waals surface area contributed by atoms with Gasteiger partial charge in [0.15, 0.2) is 0 Å². The van der Waals surface area contributed by atoms with Crippen molar-refractivity contribution < 1.29 is 9.53 Å². The van der Waals surface area contributed by atoms with Crippen molar-refractivity contribution in [1.82, 2.24) is 15.5 Å². The van der Waals surface area contributed by atoms with E-state index in [0.29, 0.717) is 19.7 Å². The predicted molar refractivity (Wildman–Crippen MR) is 83.5 cm³/mol. The van der Waals surface area contributed by atoms with Crippen LogP contribution in [-0.2, 0) is 11.3 Å². The third-order valence-electron chi connectivity index (χ3n) is 2.53. The van der Waals surface area contributed by atoms with E-state index in [9.17, 15) is 4.79 Å². The average molecular weight is 302 g/mol. The van der Waals surface area contributed by atoms with E-state index in [0.717, 1.165) is 17.9 Å². The molecule has 5 nitrogen and oxygen atoms in total. The molecule has 0 bridgehead atoms. The molecule has 20 heavy (non-hydrogen) atoms. The molecule has 6 heteroatoms. The molecule has 2 N–H and O–H groups in total. The van der Waals surface area contributed by atoms with Crippen LogP contribution in [0.25, 0.3) is 0 Å². The fourth-order valence-electron chi connectivity index (χ4n) is 1.52. The van der Waals surface area contributed by atoms with Gasteiger partial charge in [0.25, 0.3) is 0 Å². The summed E-state index contributed by atoms with van der Waals surface area (Å²) in [6.07, 6.45) is 0. The van der Waals surface area contributed by atoms with E-state index in [4.69, 9.17) is 4.74 Å². The maximum Gasteiger partial charge on any atom is 0.234 e. The van der Waals surface area contributed by atoms with Crippen molar-refractivity contribution >= 4 is 18.3 Å². The number of halogens is 1. The van der Waals surface area contributed by atoms with Crippen LogP contribution in [0, 0.1) is 0 Å². The van der Waals surface area contributed by atoms with Gasteiger partial charge in [0.1, 0.15) is 12.4 Å². The van der Waals surface area contributed by atoms with Gasteiger partial charge < -0.3 is 20.3 Å². The zero-order valence-corrected chi connectivity index (χ0v) is 13.1. The summed E-state index contributed by atoms with van der Waals surface area (Å²) in [5.41, 5.74) is 1.03. The molecule has 1 rings (SSSR count). The molecule has 1 aromatic carbocycles. The molecule has 1 amide bonds. The molecule has 114 valence electrons. The second-order valence-corrected chi connectivity index (χ2v) is 4.61. The van der Waals surface area contributed by atoms with Gasteiger partial charge in [-0.05, 0) is 38.8 Å². The summed E-state index contributed by atoms with van der Waals surface area (Å²) in [4.78, 5) is 13.4. The van der Waals surface area contributed by atoms with Crippen molar-refractivity contribution in [2.75, 3.05) is 40.8 Å². The molecule has 0 fully saturated rings. The molecule has 0 unspecified atom stereocenters. The fraction of sp³-hybridized carbons (Fsp3) is 0.500. The maximum absolute atomic E-state index is 11.3. The fourth-order valence-corrected chi connectivity index (χ4v) is 1.52. The normalized spacial score (nSPS) is 10.0. The highest BCUT2D eigenvalue weighted by Crippen LogP contribution is 2.13. The van der Waals surface area contributed by atoms with Gasteiger partial charge in [0, 0.05) is 13.1 Å². The van der Waals surface area contributed by atoms with E-state index in [2.05, 4.69) is 15.5 Å². The standard InChI is InChI=1S/C14H23N3O2.ClH/c1-15-11-14(18)16-10-12-5-4-6-13(9-12)19-8-7-17(2)3;/h4-6,9,15H,7-8,10-11H2,1-3H3,(H,16,18);1H. The van der Waals surface area contributed by atoms with Gasteiger partial charge in [-0.2, -0.15) is 0 Å². The Hall–Kier alpha value is -1.30. The number of nitrogens with one attached hydrogen (secondary N) is 2. The van der Waals surface area contributed by atoms with Gasteiger partial charge in [0.05, 0.1) is 6.54 Å². The molecule has 0 heterocycles. The Labute approximate surface area is 127 Å². The summed E-state index contributed by atoms with van der Waals surface area (Å²) in [7, 11) is 5.77. The minimum Gasteiger partial charge on any atom is -0.492 e. The lowest BCUT2D eigenvalue weighted by Crippen LogP contribution is -2.31. The second-order valence-electron chi connectivity index (χ2n) is 4.61. The van der Waals surface area contributed by atoms with Crippen LogP contribution < -0.4 is 15.4 Å². The molecular formula is C14H24ClN3O2. The van der Waals surface area contributed by atoms with E-state index in [-0.39, 0.29) is 18.3 Å². The maximum atomic E-state index is 11.3. The van der Waals surface area contributed by atoms with Crippen LogP contribution >= 0.6 is 12.4 Å². The Morgan fingerprint density at radius 1 is 1.35 bits per heavy atom. The molecule has 0 aliphatic carbocycles. The number of amides is 1. The highest BCUT2D eigenvalue weighted by Gasteiger charge is 2.01. The molecule has 0 atom stereocenters. The number of benzene rings is 1. The molecule has 0 aliphatic rings. The monoisotopic (exact) mass is 301 g/mol. The van der Waals surface area contributed by atoms with Crippen LogP contribution in [0.1, 0.15) is 5.56 Å². The lowest BCUT2D eigenvalue weighted by Gasteiger charge is -2.12. The topological polar surface area (TPSA) is 53.6 Å². The van der Waals surface area contributed by atoms with Crippen molar-refractivity contribution in [3.05, 3.63) is 29.8 Å². The van der Waals surface area contributed by atoms with Crippen molar-refractivity contribution in [2.24, 2.45) is 0 Å². The molecule has 0 spiro atoms. The molecule has 0 saturated heterocycles. The number of rotatable bonds is 8.